The second-order valence-corrected chi connectivity index (χ2v) is 9.96. The highest BCUT2D eigenvalue weighted by Crippen LogP contribution is 2.40. The maximum Gasteiger partial charge on any atom is 0.432 e. The minimum Gasteiger partial charge on any atom is -0.429 e. The van der Waals surface area contributed by atoms with Gasteiger partial charge in [0.2, 0.25) is 0 Å². The quantitative estimate of drug-likeness (QED) is 0.138. The van der Waals surface area contributed by atoms with Crippen LogP contribution in [-0.4, -0.2) is 6.11 Å². The van der Waals surface area contributed by atoms with Crippen molar-refractivity contribution in [2.45, 2.75) is 38.1 Å². The van der Waals surface area contributed by atoms with E-state index in [0.717, 1.165) is 36.2 Å². The standard InChI is InChI=1S/C32H19F13O3/c1-2-3-16-4-6-18(7-5-16)31(42,43)46-19-8-9-21(22(33)12-19)17-10-23(34)28(24(35)11-17)32(44,45)47-20-13-25(36)29(26(37)14-20)48-30(40,41)15-27(38)39/h4-15H,2-3H2,1H3. The first-order valence-electron chi connectivity index (χ1n) is 13.4. The predicted molar refractivity (Wildman–Crippen MR) is 143 cm³/mol. The highest BCUT2D eigenvalue weighted by molar-refractivity contribution is 5.66. The lowest BCUT2D eigenvalue weighted by Gasteiger charge is -2.21. The Morgan fingerprint density at radius 2 is 1.17 bits per heavy atom. The molecule has 4 aromatic rings. The van der Waals surface area contributed by atoms with Gasteiger partial charge in [0.1, 0.15) is 34.5 Å². The molecule has 0 saturated carbocycles. The molecular formula is C32H19F13O3. The van der Waals surface area contributed by atoms with Crippen LogP contribution in [0.25, 0.3) is 11.1 Å². The zero-order valence-electron chi connectivity index (χ0n) is 24.0. The largest absolute Gasteiger partial charge is 0.432 e. The van der Waals surface area contributed by atoms with Gasteiger partial charge < -0.3 is 14.2 Å². The zero-order valence-corrected chi connectivity index (χ0v) is 24.0. The Balaban J connectivity index is 1.55. The first-order valence-corrected chi connectivity index (χ1v) is 13.4. The summed E-state index contributed by atoms with van der Waals surface area (Å²) < 4.78 is 195. The van der Waals surface area contributed by atoms with Crippen LogP contribution in [0.15, 0.2) is 78.9 Å². The van der Waals surface area contributed by atoms with Gasteiger partial charge in [-0.05, 0) is 53.9 Å². The molecule has 48 heavy (non-hydrogen) atoms. The average molecular weight is 698 g/mol. The third-order valence-electron chi connectivity index (χ3n) is 6.39. The van der Waals surface area contributed by atoms with Crippen molar-refractivity contribution in [1.29, 1.82) is 0 Å². The molecule has 0 heterocycles. The minimum atomic E-state index is -5.05. The lowest BCUT2D eigenvalue weighted by Crippen LogP contribution is -2.26. The van der Waals surface area contributed by atoms with E-state index in [1.807, 2.05) is 6.92 Å². The molecule has 3 nitrogen and oxygen atoms in total. The summed E-state index contributed by atoms with van der Waals surface area (Å²) in [4.78, 5) is 0. The van der Waals surface area contributed by atoms with Crippen molar-refractivity contribution in [2.75, 3.05) is 0 Å². The zero-order chi connectivity index (χ0) is 35.6. The van der Waals surface area contributed by atoms with Crippen LogP contribution >= 0.6 is 0 Å². The number of hydrogen-bond donors (Lipinski definition) is 0. The van der Waals surface area contributed by atoms with Gasteiger partial charge in [-0.1, -0.05) is 25.5 Å². The molecule has 0 radical (unpaired) electrons. The van der Waals surface area contributed by atoms with Crippen molar-refractivity contribution in [3.8, 4) is 28.4 Å². The van der Waals surface area contributed by atoms with E-state index in [-0.39, 0.29) is 24.3 Å². The van der Waals surface area contributed by atoms with Crippen molar-refractivity contribution in [3.63, 3.8) is 0 Å². The molecule has 0 aliphatic rings. The van der Waals surface area contributed by atoms with Crippen LogP contribution in [0.4, 0.5) is 57.1 Å². The van der Waals surface area contributed by atoms with Crippen LogP contribution in [-0.2, 0) is 18.6 Å². The summed E-state index contributed by atoms with van der Waals surface area (Å²) in [6.07, 6.45) is -16.5. The Morgan fingerprint density at radius 3 is 1.69 bits per heavy atom. The average Bonchev–Trinajstić information content (AvgIpc) is 2.94. The van der Waals surface area contributed by atoms with Gasteiger partial charge in [0.25, 0.3) is 6.08 Å². The summed E-state index contributed by atoms with van der Waals surface area (Å²) in [5.41, 5.74) is -3.21. The number of rotatable bonds is 12. The molecule has 0 aliphatic heterocycles. The maximum absolute atomic E-state index is 14.9. The number of alkyl halides is 6. The summed E-state index contributed by atoms with van der Waals surface area (Å²) in [5, 5.41) is 0. The molecule has 0 bridgehead atoms. The number of benzene rings is 4. The highest BCUT2D eigenvalue weighted by Gasteiger charge is 2.42. The van der Waals surface area contributed by atoms with Crippen molar-refractivity contribution in [3.05, 3.63) is 125 Å². The first-order chi connectivity index (χ1) is 22.3. The fourth-order valence-electron chi connectivity index (χ4n) is 4.35. The van der Waals surface area contributed by atoms with E-state index in [4.69, 9.17) is 0 Å². The number of hydrogen-bond acceptors (Lipinski definition) is 3. The van der Waals surface area contributed by atoms with E-state index in [1.165, 1.54) is 12.1 Å². The van der Waals surface area contributed by atoms with Gasteiger partial charge in [0, 0.05) is 23.8 Å². The molecule has 16 heteroatoms. The number of ether oxygens (including phenoxy) is 3. The van der Waals surface area contributed by atoms with E-state index in [0.29, 0.717) is 12.5 Å². The first kappa shape index (κ1) is 36.0. The lowest BCUT2D eigenvalue weighted by atomic mass is 10.0. The van der Waals surface area contributed by atoms with Crippen molar-refractivity contribution >= 4 is 0 Å². The normalized spacial score (nSPS) is 12.1. The molecule has 0 atom stereocenters. The molecule has 4 aromatic carbocycles. The van der Waals surface area contributed by atoms with Gasteiger partial charge in [0.15, 0.2) is 17.4 Å². The van der Waals surface area contributed by atoms with Gasteiger partial charge in [-0.25, -0.2) is 22.0 Å². The SMILES string of the molecule is CCCc1ccc(C(F)(F)Oc2ccc(-c3cc(F)c(C(F)(F)Oc4cc(F)c(OC(F)(F)C=C(F)F)c(F)c4)c(F)c3)c(F)c2)cc1. The molecule has 0 fully saturated rings. The van der Waals surface area contributed by atoms with Gasteiger partial charge in [-0.2, -0.15) is 35.1 Å². The third-order valence-corrected chi connectivity index (χ3v) is 6.39. The van der Waals surface area contributed by atoms with Crippen LogP contribution in [0.2, 0.25) is 0 Å². The second-order valence-electron chi connectivity index (χ2n) is 9.96. The Hall–Kier alpha value is -4.89. The van der Waals surface area contributed by atoms with Crippen molar-refractivity contribution in [1.82, 2.24) is 0 Å². The van der Waals surface area contributed by atoms with Gasteiger partial charge in [0.05, 0.1) is 11.6 Å². The topological polar surface area (TPSA) is 27.7 Å². The molecule has 256 valence electrons. The van der Waals surface area contributed by atoms with Crippen molar-refractivity contribution < 1.29 is 71.3 Å². The monoisotopic (exact) mass is 698 g/mol. The van der Waals surface area contributed by atoms with Crippen LogP contribution in [0.5, 0.6) is 17.2 Å². The van der Waals surface area contributed by atoms with E-state index in [9.17, 15) is 57.1 Å². The predicted octanol–water partition coefficient (Wildman–Crippen LogP) is 11.0. The second kappa shape index (κ2) is 13.7. The molecule has 0 spiro atoms. The third kappa shape index (κ3) is 8.33. The summed E-state index contributed by atoms with van der Waals surface area (Å²) in [6.45, 7) is 1.90. The lowest BCUT2D eigenvalue weighted by molar-refractivity contribution is -0.190. The molecular weight excluding hydrogens is 679 g/mol. The van der Waals surface area contributed by atoms with Crippen LogP contribution < -0.4 is 14.2 Å². The Bertz CT molecular complexity index is 1770. The molecule has 0 saturated heterocycles. The summed E-state index contributed by atoms with van der Waals surface area (Å²) >= 11 is 0. The minimum absolute atomic E-state index is 0.161. The van der Waals surface area contributed by atoms with Gasteiger partial charge in [-0.3, -0.25) is 0 Å². The fourth-order valence-corrected chi connectivity index (χ4v) is 4.35. The molecule has 0 N–H and O–H groups in total. The Kier molecular flexibility index (Phi) is 10.3. The van der Waals surface area contributed by atoms with E-state index < -0.39 is 99.1 Å². The molecule has 4 rings (SSSR count). The Morgan fingerprint density at radius 1 is 0.625 bits per heavy atom. The van der Waals surface area contributed by atoms with Gasteiger partial charge >= 0.3 is 18.3 Å². The van der Waals surface area contributed by atoms with Crippen LogP contribution in [0, 0.1) is 29.1 Å². The van der Waals surface area contributed by atoms with E-state index in [2.05, 4.69) is 14.2 Å². The molecule has 0 amide bonds. The summed E-state index contributed by atoms with van der Waals surface area (Å²) in [7, 11) is 0. The van der Waals surface area contributed by atoms with Crippen LogP contribution in [0.1, 0.15) is 30.0 Å². The van der Waals surface area contributed by atoms with E-state index >= 15 is 0 Å². The smallest absolute Gasteiger partial charge is 0.429 e. The molecule has 0 aliphatic carbocycles. The summed E-state index contributed by atoms with van der Waals surface area (Å²) in [6, 6.07) is 7.37. The van der Waals surface area contributed by atoms with Crippen molar-refractivity contribution in [2.24, 2.45) is 0 Å². The highest BCUT2D eigenvalue weighted by atomic mass is 19.3. The van der Waals surface area contributed by atoms with Crippen LogP contribution in [0.3, 0.4) is 0 Å². The number of aryl methyl sites for hydroxylation is 1. The number of halogens is 13. The Labute approximate surface area is 262 Å². The molecule has 0 unspecified atom stereocenters. The maximum atomic E-state index is 14.9. The van der Waals surface area contributed by atoms with Gasteiger partial charge in [-0.15, -0.1) is 0 Å². The van der Waals surface area contributed by atoms with E-state index in [1.54, 1.807) is 0 Å². The summed E-state index contributed by atoms with van der Waals surface area (Å²) in [5.74, 6) is -13.9. The molecule has 0 aromatic heterocycles. The fraction of sp³-hybridized carbons (Fsp3) is 0.188.